The molecule has 0 unspecified atom stereocenters. The zero-order chi connectivity index (χ0) is 11.1. The molecule has 0 spiro atoms. The van der Waals surface area contributed by atoms with E-state index in [9.17, 15) is 4.79 Å². The van der Waals surface area contributed by atoms with Crippen LogP contribution in [-0.2, 0) is 0 Å². The molecule has 0 saturated heterocycles. The van der Waals surface area contributed by atoms with Gasteiger partial charge in [-0.05, 0) is 18.9 Å². The molecule has 82 valence electrons. The van der Waals surface area contributed by atoms with Crippen molar-refractivity contribution < 1.29 is 9.90 Å². The molecule has 16 heavy (non-hydrogen) atoms. The van der Waals surface area contributed by atoms with Crippen LogP contribution in [0, 0.1) is 0 Å². The van der Waals surface area contributed by atoms with Gasteiger partial charge in [0.05, 0.1) is 18.2 Å². The van der Waals surface area contributed by atoms with Crippen molar-refractivity contribution in [2.45, 2.75) is 18.9 Å². The number of aromatic amines is 1. The van der Waals surface area contributed by atoms with Gasteiger partial charge < -0.3 is 14.7 Å². The summed E-state index contributed by atoms with van der Waals surface area (Å²) in [6.07, 6.45) is 7.43. The molecule has 2 aromatic heterocycles. The molecule has 0 aliphatic heterocycles. The molecule has 1 fully saturated rings. The molecule has 0 atom stereocenters. The van der Waals surface area contributed by atoms with Gasteiger partial charge >= 0.3 is 5.97 Å². The van der Waals surface area contributed by atoms with Crippen LogP contribution in [0.3, 0.4) is 0 Å². The summed E-state index contributed by atoms with van der Waals surface area (Å²) in [7, 11) is 0. The van der Waals surface area contributed by atoms with Crippen molar-refractivity contribution in [3.63, 3.8) is 0 Å². The second-order valence-electron chi connectivity index (χ2n) is 3.99. The van der Waals surface area contributed by atoms with Gasteiger partial charge in [0.1, 0.15) is 5.69 Å². The van der Waals surface area contributed by atoms with E-state index in [0.29, 0.717) is 11.6 Å². The average molecular weight is 217 g/mol. The summed E-state index contributed by atoms with van der Waals surface area (Å²) < 4.78 is 2.05. The third-order valence-electron chi connectivity index (χ3n) is 2.84. The third kappa shape index (κ3) is 1.32. The molecule has 5 nitrogen and oxygen atoms in total. The van der Waals surface area contributed by atoms with E-state index in [2.05, 4.69) is 14.5 Å². The van der Waals surface area contributed by atoms with Crippen LogP contribution in [0.1, 0.15) is 29.4 Å². The molecule has 1 saturated carbocycles. The normalized spacial score (nSPS) is 15.2. The first-order chi connectivity index (χ1) is 7.77. The number of nitrogens with zero attached hydrogens (tertiary/aromatic N) is 2. The van der Waals surface area contributed by atoms with Gasteiger partial charge in [0, 0.05) is 17.8 Å². The van der Waals surface area contributed by atoms with Crippen molar-refractivity contribution in [1.29, 1.82) is 0 Å². The van der Waals surface area contributed by atoms with Gasteiger partial charge in [-0.15, -0.1) is 0 Å². The van der Waals surface area contributed by atoms with E-state index in [1.807, 2.05) is 0 Å². The second-order valence-corrected chi connectivity index (χ2v) is 3.99. The van der Waals surface area contributed by atoms with Gasteiger partial charge in [0.25, 0.3) is 0 Å². The summed E-state index contributed by atoms with van der Waals surface area (Å²) in [4.78, 5) is 17.8. The highest BCUT2D eigenvalue weighted by atomic mass is 16.4. The molecule has 0 aromatic carbocycles. The summed E-state index contributed by atoms with van der Waals surface area (Å²) >= 11 is 0. The number of imidazole rings is 1. The van der Waals surface area contributed by atoms with Crippen LogP contribution in [0.15, 0.2) is 24.8 Å². The van der Waals surface area contributed by atoms with Crippen molar-refractivity contribution in [3.05, 3.63) is 30.5 Å². The monoisotopic (exact) mass is 217 g/mol. The number of H-pyrrole nitrogens is 1. The standard InChI is InChI=1S/C11H11N3O2/c15-11(16)10-8(3-4-13-10)9-5-12-6-14(9)7-1-2-7/h3-7,13H,1-2H2,(H,15,16). The number of hydrogen-bond donors (Lipinski definition) is 2. The molecule has 0 amide bonds. The fraction of sp³-hybridized carbons (Fsp3) is 0.273. The lowest BCUT2D eigenvalue weighted by molar-refractivity contribution is 0.0692. The Kier molecular flexibility index (Phi) is 1.86. The quantitative estimate of drug-likeness (QED) is 0.824. The Bertz CT molecular complexity index is 537. The Morgan fingerprint density at radius 2 is 2.38 bits per heavy atom. The third-order valence-corrected chi connectivity index (χ3v) is 2.84. The molecule has 5 heteroatoms. The fourth-order valence-corrected chi connectivity index (χ4v) is 1.92. The minimum Gasteiger partial charge on any atom is -0.477 e. The summed E-state index contributed by atoms with van der Waals surface area (Å²) in [6.45, 7) is 0. The number of nitrogens with one attached hydrogen (secondary N) is 1. The minimum atomic E-state index is -0.941. The van der Waals surface area contributed by atoms with Crippen LogP contribution in [0.25, 0.3) is 11.3 Å². The van der Waals surface area contributed by atoms with Crippen LogP contribution in [0.4, 0.5) is 0 Å². The van der Waals surface area contributed by atoms with E-state index in [-0.39, 0.29) is 5.69 Å². The number of rotatable bonds is 3. The van der Waals surface area contributed by atoms with Gasteiger partial charge in [-0.25, -0.2) is 9.78 Å². The van der Waals surface area contributed by atoms with E-state index in [4.69, 9.17) is 5.11 Å². The van der Waals surface area contributed by atoms with Gasteiger partial charge in [-0.1, -0.05) is 0 Å². The average Bonchev–Trinajstić information content (AvgIpc) is 2.82. The van der Waals surface area contributed by atoms with Crippen molar-refractivity contribution in [2.75, 3.05) is 0 Å². The molecular weight excluding hydrogens is 206 g/mol. The Balaban J connectivity index is 2.10. The van der Waals surface area contributed by atoms with Crippen molar-refractivity contribution in [2.24, 2.45) is 0 Å². The number of carbonyl (C=O) groups is 1. The van der Waals surface area contributed by atoms with E-state index >= 15 is 0 Å². The highest BCUT2D eigenvalue weighted by Crippen LogP contribution is 2.38. The lowest BCUT2D eigenvalue weighted by Crippen LogP contribution is -2.01. The van der Waals surface area contributed by atoms with Gasteiger partial charge in [-0.2, -0.15) is 0 Å². The number of hydrogen-bond acceptors (Lipinski definition) is 2. The number of aromatic carboxylic acids is 1. The number of carboxylic acids is 1. The minimum absolute atomic E-state index is 0.224. The Morgan fingerprint density at radius 3 is 3.06 bits per heavy atom. The summed E-state index contributed by atoms with van der Waals surface area (Å²) in [5.74, 6) is -0.941. The Morgan fingerprint density at radius 1 is 1.56 bits per heavy atom. The highest BCUT2D eigenvalue weighted by molar-refractivity contribution is 5.93. The smallest absolute Gasteiger partial charge is 0.353 e. The Hall–Kier alpha value is -2.04. The summed E-state index contributed by atoms with van der Waals surface area (Å²) in [6, 6.07) is 2.27. The molecular formula is C11H11N3O2. The number of aromatic nitrogens is 3. The van der Waals surface area contributed by atoms with Crippen LogP contribution >= 0.6 is 0 Å². The summed E-state index contributed by atoms with van der Waals surface area (Å²) in [5.41, 5.74) is 1.81. The molecule has 2 N–H and O–H groups in total. The van der Waals surface area contributed by atoms with Crippen LogP contribution < -0.4 is 0 Å². The molecule has 2 aromatic rings. The van der Waals surface area contributed by atoms with E-state index in [0.717, 1.165) is 18.5 Å². The molecule has 3 rings (SSSR count). The maximum atomic E-state index is 11.0. The maximum absolute atomic E-state index is 11.0. The van der Waals surface area contributed by atoms with Crippen molar-refractivity contribution >= 4 is 5.97 Å². The van der Waals surface area contributed by atoms with Crippen molar-refractivity contribution in [3.8, 4) is 11.3 Å². The lowest BCUT2D eigenvalue weighted by Gasteiger charge is -2.05. The first-order valence-electron chi connectivity index (χ1n) is 5.20. The molecule has 1 aliphatic rings. The molecule has 0 radical (unpaired) electrons. The van der Waals surface area contributed by atoms with Crippen LogP contribution in [0.5, 0.6) is 0 Å². The maximum Gasteiger partial charge on any atom is 0.353 e. The zero-order valence-electron chi connectivity index (χ0n) is 8.55. The topological polar surface area (TPSA) is 70.9 Å². The van der Waals surface area contributed by atoms with Crippen LogP contribution in [0.2, 0.25) is 0 Å². The molecule has 1 aliphatic carbocycles. The van der Waals surface area contributed by atoms with E-state index in [1.54, 1.807) is 24.8 Å². The molecule has 2 heterocycles. The van der Waals surface area contributed by atoms with E-state index < -0.39 is 5.97 Å². The van der Waals surface area contributed by atoms with Gasteiger partial charge in [0.15, 0.2) is 0 Å². The Labute approximate surface area is 91.7 Å². The zero-order valence-corrected chi connectivity index (χ0v) is 8.55. The SMILES string of the molecule is O=C(O)c1[nH]ccc1-c1cncn1C1CC1. The first kappa shape index (κ1) is 9.21. The predicted octanol–water partition coefficient (Wildman–Crippen LogP) is 1.91. The molecule has 0 bridgehead atoms. The highest BCUT2D eigenvalue weighted by Gasteiger charge is 2.27. The second kappa shape index (κ2) is 3.23. The van der Waals surface area contributed by atoms with Crippen molar-refractivity contribution in [1.82, 2.24) is 14.5 Å². The van der Waals surface area contributed by atoms with Gasteiger partial charge in [-0.3, -0.25) is 0 Å². The fourth-order valence-electron chi connectivity index (χ4n) is 1.92. The largest absolute Gasteiger partial charge is 0.477 e. The van der Waals surface area contributed by atoms with Crippen LogP contribution in [-0.4, -0.2) is 25.6 Å². The van der Waals surface area contributed by atoms with E-state index in [1.165, 1.54) is 0 Å². The number of carboxylic acid groups (broad SMARTS) is 1. The predicted molar refractivity (Wildman–Crippen MR) is 57.2 cm³/mol. The van der Waals surface area contributed by atoms with Gasteiger partial charge in [0.2, 0.25) is 0 Å². The first-order valence-corrected chi connectivity index (χ1v) is 5.20. The summed E-state index contributed by atoms with van der Waals surface area (Å²) in [5, 5.41) is 9.04. The lowest BCUT2D eigenvalue weighted by atomic mass is 10.2.